The highest BCUT2D eigenvalue weighted by molar-refractivity contribution is 7.90. The van der Waals surface area contributed by atoms with Gasteiger partial charge in [0.05, 0.1) is 5.75 Å². The Morgan fingerprint density at radius 1 is 1.37 bits per heavy atom. The van der Waals surface area contributed by atoms with Crippen LogP contribution in [0, 0.1) is 0 Å². The normalized spacial score (nSPS) is 16.2. The van der Waals surface area contributed by atoms with Crippen molar-refractivity contribution in [1.82, 2.24) is 10.6 Å². The molecule has 0 rings (SSSR count). The molecule has 0 aromatic carbocycles. The van der Waals surface area contributed by atoms with E-state index in [9.17, 15) is 18.0 Å². The van der Waals surface area contributed by atoms with Gasteiger partial charge in [0.1, 0.15) is 15.4 Å². The minimum Gasteiger partial charge on any atom is -0.480 e. The van der Waals surface area contributed by atoms with Crippen LogP contribution >= 0.6 is 0 Å². The van der Waals surface area contributed by atoms with Crippen molar-refractivity contribution in [3.8, 4) is 0 Å². The standard InChI is InChI=1S/C11H22N2O5S/c1-5-6-11(3,9(14)15)13-10(16)12-8(2)7-19(4,17)18/h8H,5-7H2,1-4H3,(H,14,15)(H2,12,13,16). The number of carboxylic acids is 1. The zero-order valence-corrected chi connectivity index (χ0v) is 12.5. The lowest BCUT2D eigenvalue weighted by molar-refractivity contribution is -0.144. The van der Waals surface area contributed by atoms with Crippen molar-refractivity contribution >= 4 is 21.8 Å². The fourth-order valence-corrected chi connectivity index (χ4v) is 2.72. The van der Waals surface area contributed by atoms with Crippen LogP contribution in [0.5, 0.6) is 0 Å². The predicted octanol–water partition coefficient (Wildman–Crippen LogP) is 0.362. The molecular weight excluding hydrogens is 272 g/mol. The largest absolute Gasteiger partial charge is 0.480 e. The molecule has 0 aliphatic heterocycles. The fraction of sp³-hybridized carbons (Fsp3) is 0.818. The lowest BCUT2D eigenvalue weighted by atomic mass is 9.97. The van der Waals surface area contributed by atoms with Gasteiger partial charge in [-0.1, -0.05) is 13.3 Å². The van der Waals surface area contributed by atoms with Gasteiger partial charge in [0.15, 0.2) is 0 Å². The number of hydrogen-bond donors (Lipinski definition) is 3. The number of hydrogen-bond acceptors (Lipinski definition) is 4. The highest BCUT2D eigenvalue weighted by Crippen LogP contribution is 2.12. The molecule has 2 unspecified atom stereocenters. The molecular formula is C11H22N2O5S. The average molecular weight is 294 g/mol. The first-order valence-electron chi connectivity index (χ1n) is 6.00. The molecule has 0 radical (unpaired) electrons. The van der Waals surface area contributed by atoms with Crippen LogP contribution in [0.15, 0.2) is 0 Å². The Balaban J connectivity index is 4.56. The first kappa shape index (κ1) is 17.7. The molecule has 0 bridgehead atoms. The van der Waals surface area contributed by atoms with Crippen LogP contribution in [0.2, 0.25) is 0 Å². The van der Waals surface area contributed by atoms with E-state index in [0.29, 0.717) is 6.42 Å². The number of carboxylic acid groups (broad SMARTS) is 1. The Kier molecular flexibility index (Phi) is 6.28. The van der Waals surface area contributed by atoms with Crippen LogP contribution in [0.4, 0.5) is 4.79 Å². The lowest BCUT2D eigenvalue weighted by Crippen LogP contribution is -2.56. The summed E-state index contributed by atoms with van der Waals surface area (Å²) in [5.74, 6) is -1.32. The number of carbonyl (C=O) groups excluding carboxylic acids is 1. The second kappa shape index (κ2) is 6.74. The van der Waals surface area contributed by atoms with Crippen LogP contribution in [0.1, 0.15) is 33.6 Å². The highest BCUT2D eigenvalue weighted by atomic mass is 32.2. The molecule has 0 aliphatic rings. The number of urea groups is 1. The second-order valence-electron chi connectivity index (χ2n) is 4.98. The van der Waals surface area contributed by atoms with Gasteiger partial charge in [-0.2, -0.15) is 0 Å². The van der Waals surface area contributed by atoms with E-state index < -0.39 is 33.4 Å². The van der Waals surface area contributed by atoms with Crippen molar-refractivity contribution in [2.24, 2.45) is 0 Å². The van der Waals surface area contributed by atoms with Gasteiger partial charge in [-0.05, 0) is 20.3 Å². The Hall–Kier alpha value is -1.31. The SMILES string of the molecule is CCCC(C)(NC(=O)NC(C)CS(C)(=O)=O)C(=O)O. The first-order chi connectivity index (χ1) is 8.50. The fourth-order valence-electron chi connectivity index (χ4n) is 1.73. The van der Waals surface area contributed by atoms with E-state index >= 15 is 0 Å². The third-order valence-corrected chi connectivity index (χ3v) is 3.65. The molecule has 2 atom stereocenters. The number of nitrogens with one attached hydrogen (secondary N) is 2. The molecule has 0 aromatic heterocycles. The molecule has 0 heterocycles. The quantitative estimate of drug-likeness (QED) is 0.627. The number of aliphatic carboxylic acids is 1. The monoisotopic (exact) mass is 294 g/mol. The summed E-state index contributed by atoms with van der Waals surface area (Å²) < 4.78 is 22.1. The Bertz CT molecular complexity index is 434. The second-order valence-corrected chi connectivity index (χ2v) is 7.16. The Morgan fingerprint density at radius 2 is 1.89 bits per heavy atom. The van der Waals surface area contributed by atoms with Gasteiger partial charge < -0.3 is 15.7 Å². The van der Waals surface area contributed by atoms with Crippen molar-refractivity contribution in [2.75, 3.05) is 12.0 Å². The van der Waals surface area contributed by atoms with E-state index in [-0.39, 0.29) is 12.2 Å². The van der Waals surface area contributed by atoms with Crippen LogP contribution in [-0.2, 0) is 14.6 Å². The minimum atomic E-state index is -3.20. The molecule has 7 nitrogen and oxygen atoms in total. The molecule has 112 valence electrons. The third kappa shape index (κ3) is 7.00. The van der Waals surface area contributed by atoms with Crippen molar-refractivity contribution < 1.29 is 23.1 Å². The van der Waals surface area contributed by atoms with Gasteiger partial charge in [0.25, 0.3) is 0 Å². The maximum Gasteiger partial charge on any atom is 0.329 e. The van der Waals surface area contributed by atoms with Crippen LogP contribution in [0.3, 0.4) is 0 Å². The summed E-state index contributed by atoms with van der Waals surface area (Å²) >= 11 is 0. The highest BCUT2D eigenvalue weighted by Gasteiger charge is 2.34. The van der Waals surface area contributed by atoms with Gasteiger partial charge >= 0.3 is 12.0 Å². The predicted molar refractivity (Wildman–Crippen MR) is 71.8 cm³/mol. The zero-order chi connectivity index (χ0) is 15.3. The Labute approximate surface area is 113 Å². The topological polar surface area (TPSA) is 113 Å². The van der Waals surface area contributed by atoms with E-state index in [4.69, 9.17) is 5.11 Å². The van der Waals surface area contributed by atoms with E-state index in [0.717, 1.165) is 6.26 Å². The van der Waals surface area contributed by atoms with Gasteiger partial charge in [-0.25, -0.2) is 18.0 Å². The maximum atomic E-state index is 11.7. The lowest BCUT2D eigenvalue weighted by Gasteiger charge is -2.26. The summed E-state index contributed by atoms with van der Waals surface area (Å²) in [5, 5.41) is 13.9. The van der Waals surface area contributed by atoms with Crippen LogP contribution in [-0.4, -0.2) is 49.1 Å². The molecule has 8 heteroatoms. The van der Waals surface area contributed by atoms with Crippen molar-refractivity contribution in [2.45, 2.75) is 45.2 Å². The summed E-state index contributed by atoms with van der Waals surface area (Å²) in [6, 6.07) is -1.27. The zero-order valence-electron chi connectivity index (χ0n) is 11.7. The molecule has 0 fully saturated rings. The van der Waals surface area contributed by atoms with Crippen molar-refractivity contribution in [3.63, 3.8) is 0 Å². The molecule has 0 saturated carbocycles. The van der Waals surface area contributed by atoms with E-state index in [1.54, 1.807) is 6.92 Å². The first-order valence-corrected chi connectivity index (χ1v) is 8.06. The molecule has 0 saturated heterocycles. The molecule has 19 heavy (non-hydrogen) atoms. The summed E-state index contributed by atoms with van der Waals surface area (Å²) in [5.41, 5.74) is -1.36. The number of sulfone groups is 1. The van der Waals surface area contributed by atoms with Gasteiger partial charge in [-0.3, -0.25) is 0 Å². The molecule has 2 amide bonds. The van der Waals surface area contributed by atoms with E-state index in [2.05, 4.69) is 10.6 Å². The average Bonchev–Trinajstić information content (AvgIpc) is 2.13. The smallest absolute Gasteiger partial charge is 0.329 e. The molecule has 0 spiro atoms. The molecule has 0 aliphatic carbocycles. The van der Waals surface area contributed by atoms with Gasteiger partial charge in [0, 0.05) is 12.3 Å². The number of carbonyl (C=O) groups is 2. The van der Waals surface area contributed by atoms with E-state index in [1.807, 2.05) is 6.92 Å². The number of amides is 2. The molecule has 3 N–H and O–H groups in total. The third-order valence-electron chi connectivity index (χ3n) is 2.54. The van der Waals surface area contributed by atoms with Gasteiger partial charge in [0.2, 0.25) is 0 Å². The number of rotatable bonds is 7. The minimum absolute atomic E-state index is 0.196. The summed E-state index contributed by atoms with van der Waals surface area (Å²) in [4.78, 5) is 22.8. The van der Waals surface area contributed by atoms with Crippen molar-refractivity contribution in [1.29, 1.82) is 0 Å². The van der Waals surface area contributed by atoms with Gasteiger partial charge in [-0.15, -0.1) is 0 Å². The maximum absolute atomic E-state index is 11.7. The summed E-state index contributed by atoms with van der Waals surface area (Å²) in [6.07, 6.45) is 1.96. The summed E-state index contributed by atoms with van der Waals surface area (Å²) in [6.45, 7) is 4.77. The van der Waals surface area contributed by atoms with Crippen molar-refractivity contribution in [3.05, 3.63) is 0 Å². The Morgan fingerprint density at radius 3 is 2.26 bits per heavy atom. The van der Waals surface area contributed by atoms with Crippen LogP contribution in [0.25, 0.3) is 0 Å². The van der Waals surface area contributed by atoms with Crippen LogP contribution < -0.4 is 10.6 Å². The van der Waals surface area contributed by atoms with E-state index in [1.165, 1.54) is 6.92 Å². The summed E-state index contributed by atoms with van der Waals surface area (Å²) in [7, 11) is -3.20. The molecule has 0 aromatic rings.